The van der Waals surface area contributed by atoms with Crippen LogP contribution in [0.2, 0.25) is 8.67 Å². The summed E-state index contributed by atoms with van der Waals surface area (Å²) in [7, 11) is -4.24. The molecule has 0 fully saturated rings. The van der Waals surface area contributed by atoms with Crippen molar-refractivity contribution in [2.45, 2.75) is 30.0 Å². The number of benzene rings is 1. The van der Waals surface area contributed by atoms with Gasteiger partial charge in [0.2, 0.25) is 16.0 Å². The number of halogens is 6. The third kappa shape index (κ3) is 12.0. The predicted molar refractivity (Wildman–Crippen MR) is 139 cm³/mol. The van der Waals surface area contributed by atoms with Gasteiger partial charge in [0.1, 0.15) is 32.0 Å². The first kappa shape index (κ1) is 34.5. The Morgan fingerprint density at radius 2 is 1.69 bits per heavy atom. The fraction of sp³-hybridized carbons (Fsp3) is 0.316. The van der Waals surface area contributed by atoms with Crippen LogP contribution in [-0.4, -0.2) is 62.0 Å². The predicted octanol–water partition coefficient (Wildman–Crippen LogP) is 3.40. The number of nitrogens with two attached hydrogens (primary N) is 2. The zero-order valence-corrected chi connectivity index (χ0v) is 24.0. The first-order valence-corrected chi connectivity index (χ1v) is 13.9. The van der Waals surface area contributed by atoms with Gasteiger partial charge in [0.25, 0.3) is 0 Å². The summed E-state index contributed by atoms with van der Waals surface area (Å²) in [4.78, 5) is 25.1. The Labute approximate surface area is 241 Å². The highest BCUT2D eigenvalue weighted by molar-refractivity contribution is 9.10. The number of nitrogens with one attached hydrogen (secondary N) is 1. The van der Waals surface area contributed by atoms with Gasteiger partial charge in [0.05, 0.1) is 11.1 Å². The number of sulfonamides is 1. The summed E-state index contributed by atoms with van der Waals surface area (Å²) < 4.78 is 64.9. The van der Waals surface area contributed by atoms with E-state index in [1.165, 1.54) is 0 Å². The number of alkyl halides is 3. The molecular formula is C19H20BrCl2F3N4O8S2. The van der Waals surface area contributed by atoms with Gasteiger partial charge in [-0.05, 0) is 45.2 Å². The SMILES string of the molecule is NC(N)=NOCCCOc1ccc(C[C@H](NS(=O)(=O)c2c(Cl)sc(Cl)c2Br)C(=O)O)cc1.O=C(O)C(F)(F)F. The number of carboxylic acid groups (broad SMARTS) is 2. The van der Waals surface area contributed by atoms with Gasteiger partial charge in [-0.15, -0.1) is 11.3 Å². The van der Waals surface area contributed by atoms with Crippen molar-refractivity contribution >= 4 is 78.4 Å². The summed E-state index contributed by atoms with van der Waals surface area (Å²) in [5.74, 6) is -3.72. The van der Waals surface area contributed by atoms with Gasteiger partial charge in [-0.25, -0.2) is 13.2 Å². The lowest BCUT2D eigenvalue weighted by Gasteiger charge is -2.15. The molecule has 0 bridgehead atoms. The Morgan fingerprint density at radius 3 is 2.13 bits per heavy atom. The van der Waals surface area contributed by atoms with Crippen molar-refractivity contribution in [3.63, 3.8) is 0 Å². The first-order valence-electron chi connectivity index (χ1n) is 10.1. The summed E-state index contributed by atoms with van der Waals surface area (Å²) in [5.41, 5.74) is 10.8. The van der Waals surface area contributed by atoms with E-state index >= 15 is 0 Å². The van der Waals surface area contributed by atoms with E-state index in [1.807, 2.05) is 0 Å². The fourth-order valence-electron chi connectivity index (χ4n) is 2.39. The van der Waals surface area contributed by atoms with E-state index < -0.39 is 34.2 Å². The van der Waals surface area contributed by atoms with Crippen molar-refractivity contribution in [1.29, 1.82) is 0 Å². The topological polar surface area (TPSA) is 204 Å². The number of carbonyl (C=O) groups is 2. The minimum absolute atomic E-state index is 0.0796. The maximum Gasteiger partial charge on any atom is 0.490 e. The number of hydrogen-bond donors (Lipinski definition) is 5. The minimum Gasteiger partial charge on any atom is -0.493 e. The lowest BCUT2D eigenvalue weighted by Crippen LogP contribution is -2.42. The van der Waals surface area contributed by atoms with Crippen LogP contribution in [0.25, 0.3) is 0 Å². The number of rotatable bonds is 12. The second kappa shape index (κ2) is 15.3. The van der Waals surface area contributed by atoms with E-state index in [2.05, 4.69) is 25.8 Å². The third-order valence-corrected chi connectivity index (χ3v) is 8.95. The molecule has 0 aliphatic heterocycles. The molecule has 1 atom stereocenters. The Balaban J connectivity index is 0.000000956. The standard InChI is InChI=1S/C17H19BrCl2N4O6S2.C2HF3O2/c18-12-13(15(20)31-14(12)19)32(27,28)24-11(16(25)26)8-9-2-4-10(5-3-9)29-6-1-7-30-23-17(21)22;3-2(4,5)1(6)7/h2-5,11,24H,1,6-8H2,(H,25,26)(H4,21,22,23);(H,6,7)/t11-;/m0./s1. The minimum atomic E-state index is -5.08. The summed E-state index contributed by atoms with van der Waals surface area (Å²) in [6.45, 7) is 0.613. The van der Waals surface area contributed by atoms with Gasteiger partial charge < -0.3 is 31.3 Å². The summed E-state index contributed by atoms with van der Waals surface area (Å²) in [6, 6.07) is 5.14. The second-order valence-electron chi connectivity index (χ2n) is 7.01. The average Bonchev–Trinajstić information content (AvgIpc) is 3.07. The second-order valence-corrected chi connectivity index (χ2v) is 11.7. The molecular weight excluding hydrogens is 684 g/mol. The van der Waals surface area contributed by atoms with Crippen LogP contribution >= 0.6 is 50.5 Å². The summed E-state index contributed by atoms with van der Waals surface area (Å²) in [5, 5.41) is 20.0. The van der Waals surface area contributed by atoms with E-state index in [1.54, 1.807) is 24.3 Å². The molecule has 7 N–H and O–H groups in total. The maximum atomic E-state index is 12.7. The van der Waals surface area contributed by atoms with Crippen LogP contribution in [0.15, 0.2) is 38.8 Å². The van der Waals surface area contributed by atoms with Crippen molar-refractivity contribution in [2.24, 2.45) is 16.6 Å². The molecule has 1 heterocycles. The molecule has 20 heteroatoms. The molecule has 218 valence electrons. The molecule has 0 saturated heterocycles. The molecule has 0 radical (unpaired) electrons. The molecule has 0 amide bonds. The van der Waals surface area contributed by atoms with Crippen LogP contribution in [0.1, 0.15) is 12.0 Å². The first-order chi connectivity index (χ1) is 18.0. The molecule has 0 spiro atoms. The number of hydrogen-bond acceptors (Lipinski definition) is 8. The van der Waals surface area contributed by atoms with Gasteiger partial charge in [0, 0.05) is 6.42 Å². The largest absolute Gasteiger partial charge is 0.493 e. The van der Waals surface area contributed by atoms with Crippen LogP contribution in [-0.2, 0) is 30.9 Å². The number of carboxylic acids is 2. The fourth-order valence-corrected chi connectivity index (χ4v) is 7.13. The van der Waals surface area contributed by atoms with Crippen LogP contribution in [0.5, 0.6) is 5.75 Å². The lowest BCUT2D eigenvalue weighted by molar-refractivity contribution is -0.192. The van der Waals surface area contributed by atoms with Crippen LogP contribution < -0.4 is 20.9 Å². The van der Waals surface area contributed by atoms with Gasteiger partial charge in [0.15, 0.2) is 0 Å². The zero-order valence-electron chi connectivity index (χ0n) is 19.2. The molecule has 0 aliphatic carbocycles. The maximum absolute atomic E-state index is 12.7. The van der Waals surface area contributed by atoms with Crippen LogP contribution in [0, 0.1) is 0 Å². The van der Waals surface area contributed by atoms with Gasteiger partial charge in [-0.2, -0.15) is 17.9 Å². The molecule has 0 saturated carbocycles. The molecule has 12 nitrogen and oxygen atoms in total. The van der Waals surface area contributed by atoms with E-state index in [0.717, 1.165) is 11.3 Å². The highest BCUT2D eigenvalue weighted by atomic mass is 79.9. The van der Waals surface area contributed by atoms with Crippen molar-refractivity contribution in [3.05, 3.63) is 43.0 Å². The summed E-state index contributed by atoms with van der Waals surface area (Å²) in [6.07, 6.45) is -4.65. The monoisotopic (exact) mass is 702 g/mol. The molecule has 39 heavy (non-hydrogen) atoms. The van der Waals surface area contributed by atoms with Crippen molar-refractivity contribution in [1.82, 2.24) is 4.72 Å². The van der Waals surface area contributed by atoms with Crippen LogP contribution in [0.4, 0.5) is 13.2 Å². The number of thiophene rings is 1. The number of aliphatic carboxylic acids is 2. The van der Waals surface area contributed by atoms with Gasteiger partial charge in [-0.1, -0.05) is 35.3 Å². The number of ether oxygens (including phenoxy) is 1. The highest BCUT2D eigenvalue weighted by Gasteiger charge is 2.38. The molecule has 2 aromatic rings. The molecule has 1 aromatic heterocycles. The Morgan fingerprint density at radius 1 is 1.13 bits per heavy atom. The van der Waals surface area contributed by atoms with E-state index in [4.69, 9.17) is 54.1 Å². The molecule has 0 unspecified atom stereocenters. The third-order valence-electron chi connectivity index (χ3n) is 4.02. The van der Waals surface area contributed by atoms with Gasteiger partial charge in [-0.3, -0.25) is 4.79 Å². The molecule has 2 rings (SSSR count). The van der Waals surface area contributed by atoms with Crippen LogP contribution in [0.3, 0.4) is 0 Å². The number of guanidine groups is 1. The highest BCUT2D eigenvalue weighted by Crippen LogP contribution is 2.42. The van der Waals surface area contributed by atoms with E-state index in [9.17, 15) is 31.5 Å². The molecule has 0 aliphatic rings. The quantitative estimate of drug-likeness (QED) is 0.0943. The normalized spacial score (nSPS) is 12.1. The Kier molecular flexibility index (Phi) is 13.6. The molecule has 1 aromatic carbocycles. The Hall–Kier alpha value is -2.51. The summed E-state index contributed by atoms with van der Waals surface area (Å²) >= 11 is 15.8. The van der Waals surface area contributed by atoms with Crippen molar-refractivity contribution in [2.75, 3.05) is 13.2 Å². The van der Waals surface area contributed by atoms with E-state index in [0.29, 0.717) is 24.3 Å². The lowest BCUT2D eigenvalue weighted by atomic mass is 10.1. The zero-order chi connectivity index (χ0) is 30.0. The van der Waals surface area contributed by atoms with Gasteiger partial charge >= 0.3 is 18.1 Å². The average molecular weight is 704 g/mol. The van der Waals surface area contributed by atoms with Crippen molar-refractivity contribution in [3.8, 4) is 5.75 Å². The number of oxime groups is 1. The van der Waals surface area contributed by atoms with Crippen molar-refractivity contribution < 1.29 is 51.0 Å². The Bertz CT molecular complexity index is 1270. The van der Waals surface area contributed by atoms with E-state index in [-0.39, 0.29) is 37.0 Å². The number of nitrogens with zero attached hydrogens (tertiary/aromatic N) is 1. The smallest absolute Gasteiger partial charge is 0.490 e.